The first-order valence-corrected chi connectivity index (χ1v) is 3.77. The van der Waals surface area contributed by atoms with Gasteiger partial charge in [-0.2, -0.15) is 0 Å². The van der Waals surface area contributed by atoms with Crippen molar-refractivity contribution in [2.24, 2.45) is 4.99 Å². The van der Waals surface area contributed by atoms with Crippen LogP contribution in [0.15, 0.2) is 28.9 Å². The number of hydrogen-bond acceptors (Lipinski definition) is 3. The average molecular weight is 151 g/mol. The number of thiophene rings is 1. The van der Waals surface area contributed by atoms with Crippen molar-refractivity contribution in [1.82, 2.24) is 0 Å². The molecule has 1 aliphatic heterocycles. The van der Waals surface area contributed by atoms with Gasteiger partial charge in [-0.3, -0.25) is 0 Å². The van der Waals surface area contributed by atoms with Crippen molar-refractivity contribution >= 4 is 17.6 Å². The topological polar surface area (TPSA) is 21.6 Å². The van der Waals surface area contributed by atoms with Crippen LogP contribution in [0.3, 0.4) is 0 Å². The summed E-state index contributed by atoms with van der Waals surface area (Å²) in [5.74, 6) is 0. The number of ether oxygens (including phenoxy) is 1. The Labute approximate surface area is 61.8 Å². The molecule has 2 heterocycles. The monoisotopic (exact) mass is 151 g/mol. The lowest BCUT2D eigenvalue weighted by molar-refractivity contribution is 0.460. The van der Waals surface area contributed by atoms with Gasteiger partial charge in [0, 0.05) is 5.22 Å². The average Bonchev–Trinajstić information content (AvgIpc) is 2.28. The highest BCUT2D eigenvalue weighted by atomic mass is 32.1. The summed E-state index contributed by atoms with van der Waals surface area (Å²) >= 11 is 1.61. The second kappa shape index (κ2) is 2.27. The molecule has 50 valence electrons. The van der Waals surface area contributed by atoms with Gasteiger partial charge in [0.2, 0.25) is 0 Å². The quantitative estimate of drug-likeness (QED) is 0.532. The predicted molar refractivity (Wildman–Crippen MR) is 39.8 cm³/mol. The van der Waals surface area contributed by atoms with Gasteiger partial charge in [0.25, 0.3) is 0 Å². The van der Waals surface area contributed by atoms with E-state index in [1.165, 1.54) is 0 Å². The largest absolute Gasteiger partial charge is 0.470 e. The summed E-state index contributed by atoms with van der Waals surface area (Å²) in [7, 11) is 0. The fourth-order valence-corrected chi connectivity index (χ4v) is 1.47. The number of fused-ring (bicyclic) bond motifs is 1. The third kappa shape index (κ3) is 0.844. The molecule has 0 fully saturated rings. The lowest BCUT2D eigenvalue weighted by Crippen LogP contribution is -2.16. The lowest BCUT2D eigenvalue weighted by Gasteiger charge is -1.80. The molecule has 3 heteroatoms. The van der Waals surface area contributed by atoms with Crippen LogP contribution in [-0.2, 0) is 4.74 Å². The van der Waals surface area contributed by atoms with Crippen molar-refractivity contribution in [3.8, 4) is 0 Å². The van der Waals surface area contributed by atoms with Crippen LogP contribution in [0.1, 0.15) is 0 Å². The molecule has 0 aliphatic carbocycles. The Morgan fingerprint density at radius 3 is 3.50 bits per heavy atom. The van der Waals surface area contributed by atoms with E-state index in [1.807, 2.05) is 11.4 Å². The van der Waals surface area contributed by atoms with Crippen LogP contribution in [0.2, 0.25) is 0 Å². The maximum Gasteiger partial charge on any atom is 0.126 e. The van der Waals surface area contributed by atoms with Crippen LogP contribution in [0.4, 0.5) is 0 Å². The summed E-state index contributed by atoms with van der Waals surface area (Å²) in [6.07, 6.45) is 4.91. The highest BCUT2D eigenvalue weighted by molar-refractivity contribution is 7.07. The maximum atomic E-state index is 4.99. The van der Waals surface area contributed by atoms with Gasteiger partial charge >= 0.3 is 0 Å². The molecular formula is C7H5NOS. The van der Waals surface area contributed by atoms with E-state index in [4.69, 9.17) is 4.74 Å². The first kappa shape index (κ1) is 5.68. The van der Waals surface area contributed by atoms with Crippen LogP contribution in [0.25, 0.3) is 6.26 Å². The Kier molecular flexibility index (Phi) is 1.29. The van der Waals surface area contributed by atoms with Crippen LogP contribution in [0, 0.1) is 0 Å². The molecule has 1 aromatic rings. The molecule has 0 radical (unpaired) electrons. The molecule has 0 N–H and O–H groups in total. The number of hydrogen-bond donors (Lipinski definition) is 0. The minimum atomic E-state index is 1.01. The zero-order chi connectivity index (χ0) is 6.81. The maximum absolute atomic E-state index is 4.99. The summed E-state index contributed by atoms with van der Waals surface area (Å²) in [5, 5.41) is 3.04. The summed E-state index contributed by atoms with van der Waals surface area (Å²) in [4.78, 5) is 4.13. The predicted octanol–water partition coefficient (Wildman–Crippen LogP) is 0.607. The number of rotatable bonds is 0. The van der Waals surface area contributed by atoms with Crippen LogP contribution in [0.5, 0.6) is 0 Å². The van der Waals surface area contributed by atoms with E-state index in [0.717, 1.165) is 9.89 Å². The SMILES string of the molecule is C1=COC=c2ccsc2=N1. The van der Waals surface area contributed by atoms with Crippen LogP contribution < -0.4 is 9.89 Å². The Bertz CT molecular complexity index is 363. The van der Waals surface area contributed by atoms with E-state index in [2.05, 4.69) is 4.99 Å². The minimum Gasteiger partial charge on any atom is -0.470 e. The van der Waals surface area contributed by atoms with E-state index in [9.17, 15) is 0 Å². The van der Waals surface area contributed by atoms with Crippen molar-refractivity contribution in [1.29, 1.82) is 0 Å². The molecular weight excluding hydrogens is 146 g/mol. The van der Waals surface area contributed by atoms with Crippen molar-refractivity contribution in [2.45, 2.75) is 0 Å². The normalized spacial score (nSPS) is 14.0. The molecule has 1 aliphatic rings. The zero-order valence-corrected chi connectivity index (χ0v) is 5.97. The minimum absolute atomic E-state index is 1.01. The van der Waals surface area contributed by atoms with Gasteiger partial charge in [-0.05, 0) is 11.4 Å². The van der Waals surface area contributed by atoms with Gasteiger partial charge in [-0.15, -0.1) is 11.3 Å². The summed E-state index contributed by atoms with van der Waals surface area (Å²) in [6.45, 7) is 0. The summed E-state index contributed by atoms with van der Waals surface area (Å²) < 4.78 is 5.99. The Hall–Kier alpha value is -1.09. The first-order valence-electron chi connectivity index (χ1n) is 2.89. The second-order valence-corrected chi connectivity index (χ2v) is 2.74. The fourth-order valence-electron chi connectivity index (χ4n) is 0.752. The Morgan fingerprint density at radius 1 is 1.50 bits per heavy atom. The van der Waals surface area contributed by atoms with Crippen molar-refractivity contribution in [2.75, 3.05) is 0 Å². The van der Waals surface area contributed by atoms with E-state index in [-0.39, 0.29) is 0 Å². The molecule has 0 atom stereocenters. The van der Waals surface area contributed by atoms with Crippen molar-refractivity contribution in [3.05, 3.63) is 33.8 Å². The molecule has 0 saturated heterocycles. The molecule has 0 bridgehead atoms. The molecule has 2 nitrogen and oxygen atoms in total. The molecule has 1 aromatic heterocycles. The molecule has 0 unspecified atom stereocenters. The Balaban J connectivity index is 2.82. The van der Waals surface area contributed by atoms with Gasteiger partial charge in [-0.25, -0.2) is 4.99 Å². The van der Waals surface area contributed by atoms with Gasteiger partial charge in [0.05, 0.1) is 6.20 Å². The van der Waals surface area contributed by atoms with Crippen LogP contribution in [-0.4, -0.2) is 0 Å². The molecule has 0 aromatic carbocycles. The molecule has 10 heavy (non-hydrogen) atoms. The van der Waals surface area contributed by atoms with E-state index in [1.54, 1.807) is 30.1 Å². The molecule has 0 spiro atoms. The third-order valence-corrected chi connectivity index (χ3v) is 2.04. The standard InChI is InChI=1S/C7H5NOS/c1-4-10-7-6(1)5-9-3-2-8-7/h1-5H. The van der Waals surface area contributed by atoms with Gasteiger partial charge in [0.1, 0.15) is 17.2 Å². The zero-order valence-electron chi connectivity index (χ0n) is 5.15. The first-order chi connectivity index (χ1) is 4.97. The number of nitrogens with zero attached hydrogens (tertiary/aromatic N) is 1. The van der Waals surface area contributed by atoms with E-state index < -0.39 is 0 Å². The third-order valence-electron chi connectivity index (χ3n) is 1.20. The van der Waals surface area contributed by atoms with Crippen molar-refractivity contribution in [3.63, 3.8) is 0 Å². The molecule has 0 saturated carbocycles. The highest BCUT2D eigenvalue weighted by Gasteiger charge is 1.88. The fraction of sp³-hybridized carbons (Fsp3) is 0. The van der Waals surface area contributed by atoms with E-state index >= 15 is 0 Å². The van der Waals surface area contributed by atoms with E-state index in [0.29, 0.717) is 0 Å². The lowest BCUT2D eigenvalue weighted by atomic mass is 10.5. The van der Waals surface area contributed by atoms with Gasteiger partial charge < -0.3 is 4.74 Å². The van der Waals surface area contributed by atoms with Crippen LogP contribution >= 0.6 is 11.3 Å². The second-order valence-electron chi connectivity index (χ2n) is 1.85. The smallest absolute Gasteiger partial charge is 0.126 e. The van der Waals surface area contributed by atoms with Crippen molar-refractivity contribution < 1.29 is 4.74 Å². The molecule has 2 rings (SSSR count). The van der Waals surface area contributed by atoms with Gasteiger partial charge in [-0.1, -0.05) is 0 Å². The summed E-state index contributed by atoms with van der Waals surface area (Å²) in [6, 6.07) is 1.98. The molecule has 0 amide bonds. The highest BCUT2D eigenvalue weighted by Crippen LogP contribution is 1.87. The summed E-state index contributed by atoms with van der Waals surface area (Å²) in [5.41, 5.74) is 0. The Morgan fingerprint density at radius 2 is 2.50 bits per heavy atom. The van der Waals surface area contributed by atoms with Gasteiger partial charge in [0.15, 0.2) is 0 Å².